The van der Waals surface area contributed by atoms with E-state index in [1.54, 1.807) is 0 Å². The molecule has 2 aliphatic heterocycles. The Morgan fingerprint density at radius 2 is 1.66 bits per heavy atom. The Bertz CT molecular complexity index is 663. The third-order valence-electron chi connectivity index (χ3n) is 6.19. The van der Waals surface area contributed by atoms with Crippen molar-refractivity contribution in [2.24, 2.45) is 11.8 Å². The van der Waals surface area contributed by atoms with Crippen LogP contribution in [-0.2, 0) is 16.1 Å². The highest BCUT2D eigenvalue weighted by atomic mass is 16.2. The topological polar surface area (TPSA) is 55.9 Å². The van der Waals surface area contributed by atoms with Gasteiger partial charge in [0.25, 0.3) is 0 Å². The Morgan fingerprint density at radius 1 is 1.03 bits per heavy atom. The zero-order valence-corrected chi connectivity index (χ0v) is 18.1. The minimum atomic E-state index is -0.0819. The fraction of sp³-hybridized carbons (Fsp3) is 0.652. The molecule has 0 aromatic heterocycles. The lowest BCUT2D eigenvalue weighted by Crippen LogP contribution is -2.57. The predicted octanol–water partition coefficient (Wildman–Crippen LogP) is 1.81. The molecule has 0 aliphatic carbocycles. The highest BCUT2D eigenvalue weighted by Gasteiger charge is 2.32. The summed E-state index contributed by atoms with van der Waals surface area (Å²) in [6.45, 7) is 12.6. The van der Waals surface area contributed by atoms with E-state index in [-0.39, 0.29) is 17.9 Å². The molecule has 0 saturated carbocycles. The number of nitrogens with one attached hydrogen (secondary N) is 1. The lowest BCUT2D eigenvalue weighted by Gasteiger charge is -2.41. The molecule has 2 aliphatic rings. The molecular formula is C23H36N4O2. The van der Waals surface area contributed by atoms with Crippen LogP contribution in [-0.4, -0.2) is 78.4 Å². The van der Waals surface area contributed by atoms with Gasteiger partial charge in [0.15, 0.2) is 0 Å². The summed E-state index contributed by atoms with van der Waals surface area (Å²) in [4.78, 5) is 31.7. The van der Waals surface area contributed by atoms with Crippen molar-refractivity contribution in [2.45, 2.75) is 39.8 Å². The standard InChI is InChI=1S/C23H36N4O2/c1-18-13-19(2)16-27(15-18)23(29)20(3)26-11-9-25(10-12-26)17-22(28)24-14-21-7-5-4-6-8-21/h4-8,18-20H,9-17H2,1-3H3,(H,24,28). The normalized spacial score (nSPS) is 24.9. The molecule has 3 atom stereocenters. The first-order valence-corrected chi connectivity index (χ1v) is 11.0. The fourth-order valence-electron chi connectivity index (χ4n) is 4.63. The number of hydrogen-bond donors (Lipinski definition) is 1. The van der Waals surface area contributed by atoms with Gasteiger partial charge in [-0.3, -0.25) is 19.4 Å². The van der Waals surface area contributed by atoms with E-state index >= 15 is 0 Å². The van der Waals surface area contributed by atoms with Crippen LogP contribution in [0.5, 0.6) is 0 Å². The Kier molecular flexibility index (Phi) is 7.67. The number of amides is 2. The van der Waals surface area contributed by atoms with Crippen LogP contribution in [0.15, 0.2) is 30.3 Å². The fourth-order valence-corrected chi connectivity index (χ4v) is 4.63. The highest BCUT2D eigenvalue weighted by molar-refractivity contribution is 5.81. The molecule has 3 rings (SSSR count). The second-order valence-corrected chi connectivity index (χ2v) is 8.94. The summed E-state index contributed by atoms with van der Waals surface area (Å²) >= 11 is 0. The lowest BCUT2D eigenvalue weighted by atomic mass is 9.91. The van der Waals surface area contributed by atoms with E-state index in [0.717, 1.165) is 44.8 Å². The summed E-state index contributed by atoms with van der Waals surface area (Å²) in [7, 11) is 0. The minimum Gasteiger partial charge on any atom is -0.351 e. The van der Waals surface area contributed by atoms with Crippen molar-refractivity contribution < 1.29 is 9.59 Å². The van der Waals surface area contributed by atoms with Crippen molar-refractivity contribution in [3.8, 4) is 0 Å². The molecule has 0 radical (unpaired) electrons. The smallest absolute Gasteiger partial charge is 0.239 e. The quantitative estimate of drug-likeness (QED) is 0.791. The number of benzene rings is 1. The molecule has 6 nitrogen and oxygen atoms in total. The van der Waals surface area contributed by atoms with Crippen molar-refractivity contribution in [1.82, 2.24) is 20.0 Å². The maximum absolute atomic E-state index is 13.0. The third-order valence-corrected chi connectivity index (χ3v) is 6.19. The molecule has 1 aromatic rings. The number of piperidine rings is 1. The minimum absolute atomic E-state index is 0.0581. The average molecular weight is 401 g/mol. The first kappa shape index (κ1) is 21.8. The Labute approximate surface area is 175 Å². The van der Waals surface area contributed by atoms with Crippen molar-refractivity contribution in [3.05, 3.63) is 35.9 Å². The maximum atomic E-state index is 13.0. The number of rotatable bonds is 6. The molecule has 1 N–H and O–H groups in total. The molecule has 29 heavy (non-hydrogen) atoms. The largest absolute Gasteiger partial charge is 0.351 e. The Balaban J connectivity index is 1.40. The van der Waals surface area contributed by atoms with Crippen LogP contribution >= 0.6 is 0 Å². The predicted molar refractivity (Wildman–Crippen MR) is 115 cm³/mol. The monoisotopic (exact) mass is 400 g/mol. The van der Waals surface area contributed by atoms with Gasteiger partial charge in [0.05, 0.1) is 12.6 Å². The number of carbonyl (C=O) groups is 2. The molecule has 1 aromatic carbocycles. The van der Waals surface area contributed by atoms with Crippen LogP contribution in [0.3, 0.4) is 0 Å². The third kappa shape index (κ3) is 6.28. The van der Waals surface area contributed by atoms with Crippen LogP contribution in [0.1, 0.15) is 32.8 Å². The Morgan fingerprint density at radius 3 is 2.28 bits per heavy atom. The van der Waals surface area contributed by atoms with Crippen LogP contribution in [0, 0.1) is 11.8 Å². The van der Waals surface area contributed by atoms with Gasteiger partial charge in [-0.05, 0) is 30.7 Å². The maximum Gasteiger partial charge on any atom is 0.239 e. The molecule has 160 valence electrons. The molecule has 0 bridgehead atoms. The van der Waals surface area contributed by atoms with Gasteiger partial charge in [0.2, 0.25) is 11.8 Å². The summed E-state index contributed by atoms with van der Waals surface area (Å²) in [5, 5.41) is 2.99. The van der Waals surface area contributed by atoms with Gasteiger partial charge in [-0.1, -0.05) is 44.2 Å². The highest BCUT2D eigenvalue weighted by Crippen LogP contribution is 2.22. The molecule has 0 spiro atoms. The zero-order valence-electron chi connectivity index (χ0n) is 18.1. The lowest BCUT2D eigenvalue weighted by molar-refractivity contribution is -0.140. The first-order valence-electron chi connectivity index (χ1n) is 11.0. The molecule has 2 fully saturated rings. The summed E-state index contributed by atoms with van der Waals surface area (Å²) in [5.41, 5.74) is 1.11. The van der Waals surface area contributed by atoms with E-state index in [1.807, 2.05) is 37.3 Å². The van der Waals surface area contributed by atoms with Gasteiger partial charge in [0, 0.05) is 45.8 Å². The Hall–Kier alpha value is -1.92. The number of carbonyl (C=O) groups excluding carboxylic acids is 2. The summed E-state index contributed by atoms with van der Waals surface area (Å²) in [5.74, 6) is 1.49. The second kappa shape index (κ2) is 10.2. The molecule has 3 unspecified atom stereocenters. The summed E-state index contributed by atoms with van der Waals surface area (Å²) in [6, 6.07) is 9.88. The second-order valence-electron chi connectivity index (χ2n) is 8.94. The molecular weight excluding hydrogens is 364 g/mol. The van der Waals surface area contributed by atoms with Crippen LogP contribution < -0.4 is 5.32 Å². The average Bonchev–Trinajstić information content (AvgIpc) is 2.72. The number of piperazine rings is 1. The van der Waals surface area contributed by atoms with E-state index in [9.17, 15) is 9.59 Å². The number of nitrogens with zero attached hydrogens (tertiary/aromatic N) is 3. The van der Waals surface area contributed by atoms with Crippen LogP contribution in [0.2, 0.25) is 0 Å². The zero-order chi connectivity index (χ0) is 20.8. The van der Waals surface area contributed by atoms with E-state index in [4.69, 9.17) is 0 Å². The van der Waals surface area contributed by atoms with Gasteiger partial charge in [-0.15, -0.1) is 0 Å². The first-order chi connectivity index (χ1) is 13.9. The van der Waals surface area contributed by atoms with Crippen molar-refractivity contribution in [3.63, 3.8) is 0 Å². The van der Waals surface area contributed by atoms with Gasteiger partial charge >= 0.3 is 0 Å². The molecule has 6 heteroatoms. The van der Waals surface area contributed by atoms with E-state index in [0.29, 0.717) is 24.9 Å². The van der Waals surface area contributed by atoms with Gasteiger partial charge < -0.3 is 10.2 Å². The van der Waals surface area contributed by atoms with E-state index < -0.39 is 0 Å². The van der Waals surface area contributed by atoms with Crippen molar-refractivity contribution >= 4 is 11.8 Å². The van der Waals surface area contributed by atoms with Gasteiger partial charge in [-0.2, -0.15) is 0 Å². The van der Waals surface area contributed by atoms with Crippen LogP contribution in [0.25, 0.3) is 0 Å². The number of hydrogen-bond acceptors (Lipinski definition) is 4. The van der Waals surface area contributed by atoms with E-state index in [2.05, 4.69) is 33.9 Å². The van der Waals surface area contributed by atoms with Crippen molar-refractivity contribution in [1.29, 1.82) is 0 Å². The molecule has 2 saturated heterocycles. The van der Waals surface area contributed by atoms with Crippen molar-refractivity contribution in [2.75, 3.05) is 45.8 Å². The number of likely N-dealkylation sites (tertiary alicyclic amines) is 1. The van der Waals surface area contributed by atoms with Gasteiger partial charge in [0.1, 0.15) is 0 Å². The SMILES string of the molecule is CC1CC(C)CN(C(=O)C(C)N2CCN(CC(=O)NCc3ccccc3)CC2)C1. The van der Waals surface area contributed by atoms with Crippen LogP contribution in [0.4, 0.5) is 0 Å². The van der Waals surface area contributed by atoms with Gasteiger partial charge in [-0.25, -0.2) is 0 Å². The molecule has 2 heterocycles. The molecule has 2 amide bonds. The summed E-state index contributed by atoms with van der Waals surface area (Å²) in [6.07, 6.45) is 1.21. The summed E-state index contributed by atoms with van der Waals surface area (Å²) < 4.78 is 0. The van der Waals surface area contributed by atoms with E-state index in [1.165, 1.54) is 6.42 Å².